The Labute approximate surface area is 187 Å². The average molecular weight is 442 g/mol. The number of aliphatic hydroxyl groups excluding tert-OH is 1. The van der Waals surface area contributed by atoms with E-state index in [0.717, 1.165) is 16.9 Å². The Kier molecular flexibility index (Phi) is 7.71. The summed E-state index contributed by atoms with van der Waals surface area (Å²) in [7, 11) is 3.06. The number of ether oxygens (including phenoxy) is 3. The summed E-state index contributed by atoms with van der Waals surface area (Å²) in [5, 5.41) is 11.0. The van der Waals surface area contributed by atoms with Gasteiger partial charge in [0.1, 0.15) is 24.3 Å². The summed E-state index contributed by atoms with van der Waals surface area (Å²) in [4.78, 5) is 22.0. The molecule has 0 fully saturated rings. The number of aromatic amines is 1. The Morgan fingerprint density at radius 3 is 2.41 bits per heavy atom. The van der Waals surface area contributed by atoms with Crippen molar-refractivity contribution in [1.29, 1.82) is 0 Å². The van der Waals surface area contributed by atoms with Crippen LogP contribution in [0.3, 0.4) is 0 Å². The molecule has 0 saturated carbocycles. The van der Waals surface area contributed by atoms with Crippen molar-refractivity contribution in [1.82, 2.24) is 14.9 Å². The maximum absolute atomic E-state index is 12.6. The van der Waals surface area contributed by atoms with Crippen molar-refractivity contribution >= 4 is 10.9 Å². The summed E-state index contributed by atoms with van der Waals surface area (Å²) < 4.78 is 16.5. The topological polar surface area (TPSA) is 96.9 Å². The number of aryl methyl sites for hydroxylation is 2. The number of likely N-dealkylation sites (N-methyl/N-ethyl adjacent to an activating group) is 1. The van der Waals surface area contributed by atoms with Crippen LogP contribution in [0.2, 0.25) is 0 Å². The number of benzene rings is 2. The third kappa shape index (κ3) is 5.38. The average Bonchev–Trinajstić information content (AvgIpc) is 2.77. The van der Waals surface area contributed by atoms with Crippen molar-refractivity contribution in [2.75, 3.05) is 33.9 Å². The smallest absolute Gasteiger partial charge is 0.258 e. The summed E-state index contributed by atoms with van der Waals surface area (Å²) in [6.07, 6.45) is -0.689. The molecule has 2 N–H and O–H groups in total. The van der Waals surface area contributed by atoms with Gasteiger partial charge in [0.2, 0.25) is 0 Å². The lowest BCUT2D eigenvalue weighted by Gasteiger charge is -2.24. The van der Waals surface area contributed by atoms with Gasteiger partial charge in [-0.3, -0.25) is 9.69 Å². The van der Waals surface area contributed by atoms with Crippen molar-refractivity contribution < 1.29 is 19.3 Å². The van der Waals surface area contributed by atoms with Gasteiger partial charge in [0.15, 0.2) is 11.5 Å². The number of H-pyrrole nitrogens is 1. The number of aromatic nitrogens is 2. The number of hydrogen-bond acceptors (Lipinski definition) is 7. The fraction of sp³-hybridized carbons (Fsp3) is 0.417. The molecule has 8 nitrogen and oxygen atoms in total. The quantitative estimate of drug-likeness (QED) is 0.499. The van der Waals surface area contributed by atoms with Crippen LogP contribution < -0.4 is 19.8 Å². The lowest BCUT2D eigenvalue weighted by atomic mass is 10.1. The normalized spacial score (nSPS) is 12.2. The zero-order valence-electron chi connectivity index (χ0n) is 19.3. The third-order valence-electron chi connectivity index (χ3n) is 5.38. The van der Waals surface area contributed by atoms with Crippen LogP contribution in [0.1, 0.15) is 23.9 Å². The van der Waals surface area contributed by atoms with E-state index in [0.29, 0.717) is 47.9 Å². The number of para-hydroxylation sites is 1. The van der Waals surface area contributed by atoms with Crippen LogP contribution in [0.25, 0.3) is 10.9 Å². The molecule has 0 saturated heterocycles. The molecular weight excluding hydrogens is 410 g/mol. The largest absolute Gasteiger partial charge is 0.493 e. The standard InChI is InChI=1S/C24H31N3O5/c1-6-27(12-17(28)14-32-23-15(2)8-7-9-16(23)3)13-22-25-19-11-21(31-5)20(30-4)10-18(19)24(29)26-22/h7-11,17,28H,6,12-14H2,1-5H3,(H,25,26,29)/t17-/m0/s1. The van der Waals surface area contributed by atoms with E-state index < -0.39 is 6.10 Å². The molecule has 8 heteroatoms. The van der Waals surface area contributed by atoms with Crippen LogP contribution in [0.4, 0.5) is 0 Å². The molecule has 0 radical (unpaired) electrons. The van der Waals surface area contributed by atoms with Crippen molar-refractivity contribution in [3.05, 3.63) is 57.6 Å². The molecular formula is C24H31N3O5. The molecule has 3 aromatic rings. The van der Waals surface area contributed by atoms with Gasteiger partial charge in [0.05, 0.1) is 31.7 Å². The number of nitrogens with one attached hydrogen (secondary N) is 1. The van der Waals surface area contributed by atoms with Crippen molar-refractivity contribution in [3.8, 4) is 17.2 Å². The molecule has 0 aliphatic carbocycles. The second-order valence-electron chi connectivity index (χ2n) is 7.75. The van der Waals surface area contributed by atoms with E-state index in [1.54, 1.807) is 19.2 Å². The fourth-order valence-corrected chi connectivity index (χ4v) is 3.66. The van der Waals surface area contributed by atoms with Crippen molar-refractivity contribution in [2.45, 2.75) is 33.4 Å². The molecule has 2 aromatic carbocycles. The molecule has 0 spiro atoms. The minimum Gasteiger partial charge on any atom is -0.493 e. The van der Waals surface area contributed by atoms with Gasteiger partial charge >= 0.3 is 0 Å². The van der Waals surface area contributed by atoms with E-state index >= 15 is 0 Å². The van der Waals surface area contributed by atoms with E-state index in [2.05, 4.69) is 9.97 Å². The predicted molar refractivity (Wildman–Crippen MR) is 124 cm³/mol. The number of hydrogen-bond donors (Lipinski definition) is 2. The number of fused-ring (bicyclic) bond motifs is 1. The van der Waals surface area contributed by atoms with Crippen LogP contribution >= 0.6 is 0 Å². The van der Waals surface area contributed by atoms with Crippen LogP contribution in [0, 0.1) is 13.8 Å². The minimum atomic E-state index is -0.689. The van der Waals surface area contributed by atoms with Gasteiger partial charge in [-0.2, -0.15) is 0 Å². The van der Waals surface area contributed by atoms with Gasteiger partial charge in [-0.15, -0.1) is 0 Å². The van der Waals surface area contributed by atoms with E-state index in [-0.39, 0.29) is 12.2 Å². The molecule has 32 heavy (non-hydrogen) atoms. The Hall–Kier alpha value is -3.10. The lowest BCUT2D eigenvalue weighted by Crippen LogP contribution is -2.36. The molecule has 0 amide bonds. The van der Waals surface area contributed by atoms with E-state index in [1.807, 2.05) is 43.9 Å². The first-order valence-corrected chi connectivity index (χ1v) is 10.6. The van der Waals surface area contributed by atoms with Gasteiger partial charge in [-0.05, 0) is 37.6 Å². The summed E-state index contributed by atoms with van der Waals surface area (Å²) in [6, 6.07) is 9.26. The molecule has 1 aromatic heterocycles. The van der Waals surface area contributed by atoms with Gasteiger partial charge in [-0.25, -0.2) is 4.98 Å². The van der Waals surface area contributed by atoms with Crippen molar-refractivity contribution in [2.24, 2.45) is 0 Å². The summed E-state index contributed by atoms with van der Waals surface area (Å²) in [6.45, 7) is 7.59. The molecule has 0 aliphatic rings. The van der Waals surface area contributed by atoms with Crippen LogP contribution in [0.5, 0.6) is 17.2 Å². The second kappa shape index (κ2) is 10.5. The van der Waals surface area contributed by atoms with Crippen LogP contribution in [-0.2, 0) is 6.54 Å². The van der Waals surface area contributed by atoms with E-state index in [4.69, 9.17) is 14.2 Å². The third-order valence-corrected chi connectivity index (χ3v) is 5.38. The predicted octanol–water partition coefficient (Wildman–Crippen LogP) is 2.82. The highest BCUT2D eigenvalue weighted by atomic mass is 16.5. The molecule has 3 rings (SSSR count). The Morgan fingerprint density at radius 1 is 1.12 bits per heavy atom. The van der Waals surface area contributed by atoms with Gasteiger partial charge in [0, 0.05) is 12.6 Å². The van der Waals surface area contributed by atoms with Crippen LogP contribution in [-0.4, -0.2) is 60.0 Å². The van der Waals surface area contributed by atoms with Gasteiger partial charge < -0.3 is 24.3 Å². The monoisotopic (exact) mass is 441 g/mol. The maximum Gasteiger partial charge on any atom is 0.258 e. The van der Waals surface area contributed by atoms with E-state index in [9.17, 15) is 9.90 Å². The molecule has 0 unspecified atom stereocenters. The number of rotatable bonds is 10. The molecule has 172 valence electrons. The molecule has 1 heterocycles. The van der Waals surface area contributed by atoms with Crippen molar-refractivity contribution in [3.63, 3.8) is 0 Å². The first-order chi connectivity index (χ1) is 15.4. The number of methoxy groups -OCH3 is 2. The number of aliphatic hydroxyl groups is 1. The first kappa shape index (κ1) is 23.6. The number of nitrogens with zero attached hydrogens (tertiary/aromatic N) is 2. The van der Waals surface area contributed by atoms with Gasteiger partial charge in [0.25, 0.3) is 5.56 Å². The lowest BCUT2D eigenvalue weighted by molar-refractivity contribution is 0.0662. The summed E-state index contributed by atoms with van der Waals surface area (Å²) >= 11 is 0. The SMILES string of the molecule is CCN(Cc1nc2cc(OC)c(OC)cc2c(=O)[nH]1)C[C@H](O)COc1c(C)cccc1C. The summed E-state index contributed by atoms with van der Waals surface area (Å²) in [5.41, 5.74) is 2.35. The fourth-order valence-electron chi connectivity index (χ4n) is 3.66. The Morgan fingerprint density at radius 2 is 1.78 bits per heavy atom. The second-order valence-corrected chi connectivity index (χ2v) is 7.75. The van der Waals surface area contributed by atoms with E-state index in [1.165, 1.54) is 7.11 Å². The maximum atomic E-state index is 12.6. The Bertz CT molecular complexity index is 1110. The summed E-state index contributed by atoms with van der Waals surface area (Å²) in [5.74, 6) is 2.30. The zero-order valence-corrected chi connectivity index (χ0v) is 19.3. The Balaban J connectivity index is 1.71. The minimum absolute atomic E-state index is 0.181. The zero-order chi connectivity index (χ0) is 23.3. The van der Waals surface area contributed by atoms with Gasteiger partial charge in [-0.1, -0.05) is 25.1 Å². The highest BCUT2D eigenvalue weighted by Crippen LogP contribution is 2.30. The van der Waals surface area contributed by atoms with Crippen LogP contribution in [0.15, 0.2) is 35.1 Å². The first-order valence-electron chi connectivity index (χ1n) is 10.6. The molecule has 0 aliphatic heterocycles. The molecule has 0 bridgehead atoms. The molecule has 1 atom stereocenters. The highest BCUT2D eigenvalue weighted by molar-refractivity contribution is 5.81. The highest BCUT2D eigenvalue weighted by Gasteiger charge is 2.16.